The van der Waals surface area contributed by atoms with Crippen LogP contribution >= 0.6 is 0 Å². The molecule has 0 spiro atoms. The second kappa shape index (κ2) is 7.05. The number of amidine groups is 1. The fraction of sp³-hybridized carbons (Fsp3) is 0.250. The van der Waals surface area contributed by atoms with Crippen LogP contribution in [0.1, 0.15) is 12.5 Å². The van der Waals surface area contributed by atoms with Gasteiger partial charge in [-0.1, -0.05) is 30.3 Å². The second-order valence-electron chi connectivity index (χ2n) is 3.33. The molecule has 0 heterocycles. The zero-order valence-electron chi connectivity index (χ0n) is 9.93. The van der Waals surface area contributed by atoms with Gasteiger partial charge in [-0.05, 0) is 12.5 Å². The molecule has 0 fully saturated rings. The lowest BCUT2D eigenvalue weighted by Crippen LogP contribution is -2.34. The van der Waals surface area contributed by atoms with Crippen LogP contribution in [0, 0.1) is 5.41 Å². The van der Waals surface area contributed by atoms with Crippen LogP contribution in [0.5, 0.6) is 0 Å². The van der Waals surface area contributed by atoms with Gasteiger partial charge in [-0.3, -0.25) is 5.41 Å². The van der Waals surface area contributed by atoms with E-state index < -0.39 is 17.8 Å². The molecule has 1 aromatic carbocycles. The van der Waals surface area contributed by atoms with Crippen molar-refractivity contribution in [2.45, 2.75) is 13.3 Å². The summed E-state index contributed by atoms with van der Waals surface area (Å²) in [7, 11) is 0. The number of ether oxygens (including phenoxy) is 1. The van der Waals surface area contributed by atoms with Crippen molar-refractivity contribution in [1.82, 2.24) is 5.48 Å². The summed E-state index contributed by atoms with van der Waals surface area (Å²) in [6, 6.07) is 8.99. The van der Waals surface area contributed by atoms with Crippen LogP contribution < -0.4 is 5.48 Å². The van der Waals surface area contributed by atoms with Crippen LogP contribution in [0.3, 0.4) is 0 Å². The summed E-state index contributed by atoms with van der Waals surface area (Å²) in [6.07, 6.45) is 0.0595. The number of hydrogen-bond acceptors (Lipinski definition) is 5. The van der Waals surface area contributed by atoms with E-state index >= 15 is 0 Å². The highest BCUT2D eigenvalue weighted by Crippen LogP contribution is 2.00. The highest BCUT2D eigenvalue weighted by molar-refractivity contribution is 6.33. The molecule has 0 aliphatic carbocycles. The maximum absolute atomic E-state index is 11.4. The van der Waals surface area contributed by atoms with Crippen molar-refractivity contribution in [2.24, 2.45) is 0 Å². The molecule has 0 aliphatic heterocycles. The number of carbonyl (C=O) groups is 2. The lowest BCUT2D eigenvalue weighted by atomic mass is 10.2. The van der Waals surface area contributed by atoms with E-state index in [2.05, 4.69) is 9.57 Å². The lowest BCUT2D eigenvalue weighted by molar-refractivity contribution is -0.147. The Kier molecular flexibility index (Phi) is 5.37. The van der Waals surface area contributed by atoms with Crippen molar-refractivity contribution in [3.05, 3.63) is 35.9 Å². The van der Waals surface area contributed by atoms with E-state index in [1.807, 2.05) is 11.5 Å². The van der Waals surface area contributed by atoms with Crippen molar-refractivity contribution in [2.75, 3.05) is 6.61 Å². The van der Waals surface area contributed by atoms with Gasteiger partial charge >= 0.3 is 11.9 Å². The molecule has 6 heteroatoms. The minimum absolute atomic E-state index is 0.0595. The lowest BCUT2D eigenvalue weighted by Gasteiger charge is -2.07. The molecular formula is C12H14N2O4. The first kappa shape index (κ1) is 13.7. The highest BCUT2D eigenvalue weighted by Gasteiger charge is 2.12. The van der Waals surface area contributed by atoms with E-state index in [-0.39, 0.29) is 13.0 Å². The van der Waals surface area contributed by atoms with Gasteiger partial charge < -0.3 is 9.57 Å². The van der Waals surface area contributed by atoms with E-state index in [9.17, 15) is 9.59 Å². The zero-order chi connectivity index (χ0) is 13.4. The van der Waals surface area contributed by atoms with Gasteiger partial charge in [0.05, 0.1) is 13.0 Å². The number of benzene rings is 1. The van der Waals surface area contributed by atoms with E-state index in [1.54, 1.807) is 31.2 Å². The smallest absolute Gasteiger partial charge is 0.376 e. The average molecular weight is 250 g/mol. The predicted octanol–water partition coefficient (Wildman–Crippen LogP) is 0.817. The van der Waals surface area contributed by atoms with E-state index in [0.717, 1.165) is 5.56 Å². The number of hydrogen-bond donors (Lipinski definition) is 2. The van der Waals surface area contributed by atoms with Crippen LogP contribution in [-0.2, 0) is 25.6 Å². The van der Waals surface area contributed by atoms with E-state index in [4.69, 9.17) is 5.41 Å². The zero-order valence-corrected chi connectivity index (χ0v) is 9.93. The van der Waals surface area contributed by atoms with Gasteiger partial charge in [0.15, 0.2) is 0 Å². The second-order valence-corrected chi connectivity index (χ2v) is 3.33. The number of carbonyl (C=O) groups excluding carboxylic acids is 2. The molecule has 0 saturated heterocycles. The molecule has 0 amide bonds. The van der Waals surface area contributed by atoms with Crippen molar-refractivity contribution in [3.63, 3.8) is 0 Å². The van der Waals surface area contributed by atoms with Crippen LogP contribution in [0.15, 0.2) is 30.3 Å². The number of nitrogens with one attached hydrogen (secondary N) is 2. The Balaban J connectivity index is 2.33. The molecule has 18 heavy (non-hydrogen) atoms. The highest BCUT2D eigenvalue weighted by atomic mass is 16.7. The fourth-order valence-electron chi connectivity index (χ4n) is 1.15. The molecule has 6 nitrogen and oxygen atoms in total. The summed E-state index contributed by atoms with van der Waals surface area (Å²) in [5.74, 6) is -2.07. The Hall–Kier alpha value is -2.37. The Labute approximate surface area is 104 Å². The van der Waals surface area contributed by atoms with Crippen molar-refractivity contribution < 1.29 is 19.2 Å². The van der Waals surface area contributed by atoms with Crippen molar-refractivity contribution in [3.8, 4) is 0 Å². The normalized spacial score (nSPS) is 9.39. The Morgan fingerprint density at radius 3 is 2.56 bits per heavy atom. The van der Waals surface area contributed by atoms with Gasteiger partial charge in [0.1, 0.15) is 0 Å². The van der Waals surface area contributed by atoms with E-state index in [0.29, 0.717) is 0 Å². The summed E-state index contributed by atoms with van der Waals surface area (Å²) < 4.78 is 4.54. The Morgan fingerprint density at radius 1 is 1.28 bits per heavy atom. The molecule has 0 atom stereocenters. The molecule has 0 aromatic heterocycles. The van der Waals surface area contributed by atoms with Crippen LogP contribution in [0.2, 0.25) is 0 Å². The molecule has 0 radical (unpaired) electrons. The molecule has 1 rings (SSSR count). The first-order chi connectivity index (χ1) is 8.63. The van der Waals surface area contributed by atoms with Gasteiger partial charge in [0.25, 0.3) is 0 Å². The maximum atomic E-state index is 11.4. The predicted molar refractivity (Wildman–Crippen MR) is 63.7 cm³/mol. The largest absolute Gasteiger partial charge is 0.460 e. The Bertz CT molecular complexity index is 431. The van der Waals surface area contributed by atoms with Gasteiger partial charge in [-0.25, -0.2) is 9.59 Å². The molecule has 0 saturated carbocycles. The topological polar surface area (TPSA) is 88.5 Å². The maximum Gasteiger partial charge on any atom is 0.376 e. The number of esters is 1. The SMILES string of the molecule is CCOC(=O)C(=N)NOC(=O)Cc1ccccc1. The van der Waals surface area contributed by atoms with E-state index in [1.165, 1.54) is 0 Å². The van der Waals surface area contributed by atoms with Crippen molar-refractivity contribution >= 4 is 17.8 Å². The van der Waals surface area contributed by atoms with Gasteiger partial charge in [0.2, 0.25) is 5.84 Å². The standard InChI is InChI=1S/C12H14N2O4/c1-2-17-12(16)11(13)14-18-10(15)8-9-6-4-3-5-7-9/h3-7H,2,8H2,1H3,(H2,13,14). The number of hydroxylamine groups is 1. The van der Waals surface area contributed by atoms with Gasteiger partial charge in [0, 0.05) is 0 Å². The van der Waals surface area contributed by atoms with Gasteiger partial charge in [-0.2, -0.15) is 5.48 Å². The first-order valence-corrected chi connectivity index (χ1v) is 5.38. The summed E-state index contributed by atoms with van der Waals surface area (Å²) >= 11 is 0. The summed E-state index contributed by atoms with van der Waals surface area (Å²) in [6.45, 7) is 1.77. The molecule has 0 aliphatic rings. The van der Waals surface area contributed by atoms with Crippen LogP contribution in [-0.4, -0.2) is 24.4 Å². The molecular weight excluding hydrogens is 236 g/mol. The summed E-state index contributed by atoms with van der Waals surface area (Å²) in [5, 5.41) is 7.21. The number of rotatable bonds is 3. The average Bonchev–Trinajstić information content (AvgIpc) is 2.37. The van der Waals surface area contributed by atoms with Crippen LogP contribution in [0.4, 0.5) is 0 Å². The molecule has 96 valence electrons. The minimum atomic E-state index is -0.870. The summed E-state index contributed by atoms with van der Waals surface area (Å²) in [4.78, 5) is 26.9. The Morgan fingerprint density at radius 2 is 1.94 bits per heavy atom. The third-order valence-corrected chi connectivity index (χ3v) is 1.94. The minimum Gasteiger partial charge on any atom is -0.460 e. The molecule has 1 aromatic rings. The third-order valence-electron chi connectivity index (χ3n) is 1.94. The molecule has 0 unspecified atom stereocenters. The van der Waals surface area contributed by atoms with Crippen LogP contribution in [0.25, 0.3) is 0 Å². The molecule has 2 N–H and O–H groups in total. The summed E-state index contributed by atoms with van der Waals surface area (Å²) in [5.41, 5.74) is 2.73. The third kappa shape index (κ3) is 4.65. The molecule has 0 bridgehead atoms. The van der Waals surface area contributed by atoms with Gasteiger partial charge in [-0.15, -0.1) is 0 Å². The monoisotopic (exact) mass is 250 g/mol. The fourth-order valence-corrected chi connectivity index (χ4v) is 1.15. The quantitative estimate of drug-likeness (QED) is 0.359. The van der Waals surface area contributed by atoms with Crippen molar-refractivity contribution in [1.29, 1.82) is 5.41 Å². The first-order valence-electron chi connectivity index (χ1n) is 5.38.